The zero-order valence-electron chi connectivity index (χ0n) is 9.22. The van der Waals surface area contributed by atoms with Crippen LogP contribution in [0.5, 0.6) is 0 Å². The van der Waals surface area contributed by atoms with Gasteiger partial charge in [0.15, 0.2) is 0 Å². The first-order valence-electron chi connectivity index (χ1n) is 5.28. The third kappa shape index (κ3) is 2.60. The Labute approximate surface area is 89.4 Å². The maximum absolute atomic E-state index is 2.36. The van der Waals surface area contributed by atoms with Gasteiger partial charge in [0.1, 0.15) is 0 Å². The molecule has 0 saturated heterocycles. The summed E-state index contributed by atoms with van der Waals surface area (Å²) in [5.41, 5.74) is 3.54. The van der Waals surface area contributed by atoms with Crippen molar-refractivity contribution in [2.45, 2.75) is 53.4 Å². The van der Waals surface area contributed by atoms with Gasteiger partial charge in [0.05, 0.1) is 0 Å². The van der Waals surface area contributed by atoms with Crippen LogP contribution in [0, 0.1) is 6.92 Å². The van der Waals surface area contributed by atoms with Gasteiger partial charge in [-0.15, -0.1) is 0 Å². The Bertz CT molecular complexity index is 269. The Morgan fingerprint density at radius 3 is 2.00 bits per heavy atom. The number of benzene rings is 1. The highest BCUT2D eigenvalue weighted by Gasteiger charge is 2.39. The Morgan fingerprint density at radius 1 is 1.07 bits per heavy atom. The zero-order chi connectivity index (χ0) is 9.90. The van der Waals surface area contributed by atoms with Crippen molar-refractivity contribution in [3.05, 3.63) is 35.4 Å². The van der Waals surface area contributed by atoms with Crippen molar-refractivity contribution in [1.29, 1.82) is 0 Å². The first kappa shape index (κ1) is 13.2. The largest absolute Gasteiger partial charge is 0.0776 e. The smallest absolute Gasteiger partial charge is 0.00720 e. The summed E-state index contributed by atoms with van der Waals surface area (Å²) in [5, 5.41) is 0. The van der Waals surface area contributed by atoms with E-state index in [0.29, 0.717) is 5.41 Å². The van der Waals surface area contributed by atoms with Crippen LogP contribution in [0.2, 0.25) is 0 Å². The standard InChI is InChI=1S/C11H14.C2H6.CH4/c1-9-5-3-4-6-10(9)11(2)7-8-11;1-2;/h3-6H,7-8H2,1-2H3;1-2H3;1H4. The predicted molar refractivity (Wildman–Crippen MR) is 65.8 cm³/mol. The molecular weight excluding hydrogens is 168 g/mol. The molecule has 0 bridgehead atoms. The molecule has 0 amide bonds. The van der Waals surface area contributed by atoms with Crippen LogP contribution in [0.25, 0.3) is 0 Å². The van der Waals surface area contributed by atoms with E-state index in [1.165, 1.54) is 18.4 Å². The molecule has 0 heteroatoms. The summed E-state index contributed by atoms with van der Waals surface area (Å²) in [7, 11) is 0. The molecule has 1 aliphatic rings. The van der Waals surface area contributed by atoms with Crippen LogP contribution < -0.4 is 0 Å². The molecule has 80 valence electrons. The normalized spacial score (nSPS) is 16.0. The van der Waals surface area contributed by atoms with Crippen molar-refractivity contribution in [2.75, 3.05) is 0 Å². The highest BCUT2D eigenvalue weighted by molar-refractivity contribution is 5.36. The zero-order valence-corrected chi connectivity index (χ0v) is 9.22. The first-order chi connectivity index (χ1) is 6.22. The quantitative estimate of drug-likeness (QED) is 0.604. The maximum atomic E-state index is 2.36. The summed E-state index contributed by atoms with van der Waals surface area (Å²) < 4.78 is 0. The Balaban J connectivity index is 0.000000531. The van der Waals surface area contributed by atoms with E-state index in [-0.39, 0.29) is 7.43 Å². The Kier molecular flexibility index (Phi) is 4.90. The molecule has 14 heavy (non-hydrogen) atoms. The summed E-state index contributed by atoms with van der Waals surface area (Å²) in [4.78, 5) is 0. The van der Waals surface area contributed by atoms with Gasteiger partial charge in [0.2, 0.25) is 0 Å². The van der Waals surface area contributed by atoms with Crippen LogP contribution in [0.3, 0.4) is 0 Å². The van der Waals surface area contributed by atoms with Crippen LogP contribution in [0.15, 0.2) is 24.3 Å². The molecule has 0 spiro atoms. The monoisotopic (exact) mass is 192 g/mol. The lowest BCUT2D eigenvalue weighted by molar-refractivity contribution is 0.779. The molecule has 1 aromatic rings. The lowest BCUT2D eigenvalue weighted by atomic mass is 9.94. The number of hydrogen-bond acceptors (Lipinski definition) is 0. The summed E-state index contributed by atoms with van der Waals surface area (Å²) in [6.07, 6.45) is 2.75. The molecular formula is C14H24. The van der Waals surface area contributed by atoms with Crippen molar-refractivity contribution >= 4 is 0 Å². The van der Waals surface area contributed by atoms with E-state index >= 15 is 0 Å². The van der Waals surface area contributed by atoms with E-state index < -0.39 is 0 Å². The molecule has 0 unspecified atom stereocenters. The third-order valence-electron chi connectivity index (χ3n) is 2.80. The van der Waals surface area contributed by atoms with Gasteiger partial charge in [0.25, 0.3) is 0 Å². The minimum atomic E-state index is 0. The molecule has 2 rings (SSSR count). The van der Waals surface area contributed by atoms with Crippen molar-refractivity contribution in [3.8, 4) is 0 Å². The molecule has 0 atom stereocenters. The topological polar surface area (TPSA) is 0 Å². The number of aryl methyl sites for hydroxylation is 1. The van der Waals surface area contributed by atoms with Crippen LogP contribution in [0.4, 0.5) is 0 Å². The van der Waals surface area contributed by atoms with Crippen molar-refractivity contribution in [1.82, 2.24) is 0 Å². The lowest BCUT2D eigenvalue weighted by Crippen LogP contribution is -2.01. The van der Waals surface area contributed by atoms with Gasteiger partial charge in [-0.3, -0.25) is 0 Å². The molecule has 0 radical (unpaired) electrons. The number of hydrogen-bond donors (Lipinski definition) is 0. The van der Waals surface area contributed by atoms with E-state index in [1.807, 2.05) is 13.8 Å². The molecule has 1 aliphatic carbocycles. The molecule has 1 fully saturated rings. The highest BCUT2D eigenvalue weighted by atomic mass is 14.4. The fourth-order valence-corrected chi connectivity index (χ4v) is 1.71. The molecule has 0 heterocycles. The van der Waals surface area contributed by atoms with Crippen LogP contribution in [-0.2, 0) is 5.41 Å². The van der Waals surface area contributed by atoms with E-state index in [9.17, 15) is 0 Å². The molecule has 0 nitrogen and oxygen atoms in total. The molecule has 1 aromatic carbocycles. The highest BCUT2D eigenvalue weighted by Crippen LogP contribution is 2.48. The van der Waals surface area contributed by atoms with Crippen molar-refractivity contribution in [3.63, 3.8) is 0 Å². The van der Waals surface area contributed by atoms with Gasteiger partial charge in [-0.05, 0) is 36.3 Å². The van der Waals surface area contributed by atoms with Gasteiger partial charge in [-0.25, -0.2) is 0 Å². The van der Waals surface area contributed by atoms with E-state index in [0.717, 1.165) is 0 Å². The fourth-order valence-electron chi connectivity index (χ4n) is 1.71. The Morgan fingerprint density at radius 2 is 1.57 bits per heavy atom. The average Bonchev–Trinajstić information content (AvgIpc) is 2.89. The SMILES string of the molecule is C.CC.Cc1ccccc1C1(C)CC1. The first-order valence-corrected chi connectivity index (χ1v) is 5.28. The molecule has 0 aromatic heterocycles. The second-order valence-corrected chi connectivity index (χ2v) is 3.88. The van der Waals surface area contributed by atoms with Crippen LogP contribution in [0.1, 0.15) is 52.2 Å². The summed E-state index contributed by atoms with van der Waals surface area (Å²) in [6.45, 7) is 8.56. The lowest BCUT2D eigenvalue weighted by Gasteiger charge is -2.11. The van der Waals surface area contributed by atoms with Gasteiger partial charge in [0, 0.05) is 0 Å². The molecule has 0 aliphatic heterocycles. The predicted octanol–water partition coefficient (Wildman–Crippen LogP) is 4.71. The fraction of sp³-hybridized carbons (Fsp3) is 0.571. The summed E-state index contributed by atoms with van der Waals surface area (Å²) in [5.74, 6) is 0. The summed E-state index contributed by atoms with van der Waals surface area (Å²) >= 11 is 0. The van der Waals surface area contributed by atoms with Crippen molar-refractivity contribution in [2.24, 2.45) is 0 Å². The molecule has 0 N–H and O–H groups in total. The van der Waals surface area contributed by atoms with E-state index in [4.69, 9.17) is 0 Å². The minimum absolute atomic E-state index is 0. The number of rotatable bonds is 1. The minimum Gasteiger partial charge on any atom is -0.0776 e. The summed E-state index contributed by atoms with van der Waals surface area (Å²) in [6, 6.07) is 8.73. The van der Waals surface area contributed by atoms with Crippen LogP contribution in [-0.4, -0.2) is 0 Å². The van der Waals surface area contributed by atoms with E-state index in [1.54, 1.807) is 5.56 Å². The third-order valence-corrected chi connectivity index (χ3v) is 2.80. The average molecular weight is 192 g/mol. The van der Waals surface area contributed by atoms with Gasteiger partial charge >= 0.3 is 0 Å². The van der Waals surface area contributed by atoms with Gasteiger partial charge < -0.3 is 0 Å². The van der Waals surface area contributed by atoms with Gasteiger partial charge in [-0.1, -0.05) is 52.5 Å². The molecule has 1 saturated carbocycles. The van der Waals surface area contributed by atoms with Gasteiger partial charge in [-0.2, -0.15) is 0 Å². The van der Waals surface area contributed by atoms with Crippen molar-refractivity contribution < 1.29 is 0 Å². The maximum Gasteiger partial charge on any atom is -0.00720 e. The Hall–Kier alpha value is -0.780. The van der Waals surface area contributed by atoms with Crippen LogP contribution >= 0.6 is 0 Å². The second kappa shape index (κ2) is 5.19. The second-order valence-electron chi connectivity index (χ2n) is 3.88. The van der Waals surface area contributed by atoms with E-state index in [2.05, 4.69) is 38.1 Å².